The number of hydrogen-bond acceptors (Lipinski definition) is 3. The third kappa shape index (κ3) is 4.76. The summed E-state index contributed by atoms with van der Waals surface area (Å²) in [5, 5.41) is 2.85. The first-order valence-electron chi connectivity index (χ1n) is 9.12. The van der Waals surface area contributed by atoms with Gasteiger partial charge in [-0.05, 0) is 63.5 Å². The number of benzene rings is 3. The van der Waals surface area contributed by atoms with Crippen LogP contribution in [-0.2, 0) is 6.61 Å². The summed E-state index contributed by atoms with van der Waals surface area (Å²) in [6, 6.07) is 28.7. The van der Waals surface area contributed by atoms with Gasteiger partial charge >= 0.3 is 0 Å². The predicted molar refractivity (Wildman–Crippen MR) is 117 cm³/mol. The van der Waals surface area contributed by atoms with E-state index in [9.17, 15) is 4.79 Å². The fourth-order valence-electron chi connectivity index (χ4n) is 2.86. The second kappa shape index (κ2) is 8.80. The highest BCUT2D eigenvalue weighted by atomic mass is 79.9. The molecule has 0 unspecified atom stereocenters. The lowest BCUT2D eigenvalue weighted by molar-refractivity contribution is 0.0992. The van der Waals surface area contributed by atoms with E-state index < -0.39 is 0 Å². The molecule has 144 valence electrons. The summed E-state index contributed by atoms with van der Waals surface area (Å²) < 4.78 is 12.2. The van der Waals surface area contributed by atoms with Crippen LogP contribution in [0.3, 0.4) is 0 Å². The monoisotopic (exact) mass is 447 g/mol. The zero-order valence-electron chi connectivity index (χ0n) is 15.5. The van der Waals surface area contributed by atoms with Crippen molar-refractivity contribution in [2.75, 3.05) is 5.32 Å². The van der Waals surface area contributed by atoms with Crippen molar-refractivity contribution in [3.05, 3.63) is 107 Å². The van der Waals surface area contributed by atoms with Gasteiger partial charge in [0.05, 0.1) is 4.47 Å². The van der Waals surface area contributed by atoms with Crippen molar-refractivity contribution in [2.24, 2.45) is 0 Å². The molecule has 1 amide bonds. The summed E-state index contributed by atoms with van der Waals surface area (Å²) in [6.07, 6.45) is 0. The Hall–Kier alpha value is -3.31. The number of ether oxygens (including phenoxy) is 1. The number of furan rings is 1. The summed E-state index contributed by atoms with van der Waals surface area (Å²) in [5.41, 5.74) is 2.93. The summed E-state index contributed by atoms with van der Waals surface area (Å²) in [5.74, 6) is 1.23. The van der Waals surface area contributed by atoms with Crippen LogP contribution in [0.4, 0.5) is 5.69 Å². The molecule has 0 aliphatic carbocycles. The Bertz CT molecular complexity index is 1100. The molecule has 1 aromatic heterocycles. The van der Waals surface area contributed by atoms with Gasteiger partial charge in [-0.15, -0.1) is 0 Å². The third-order valence-electron chi connectivity index (χ3n) is 4.34. The number of amides is 1. The fourth-order valence-corrected chi connectivity index (χ4v) is 3.26. The minimum Gasteiger partial charge on any atom is -0.484 e. The molecule has 0 saturated carbocycles. The Morgan fingerprint density at radius 2 is 1.52 bits per heavy atom. The number of para-hydroxylation sites is 1. The number of hydrogen-bond donors (Lipinski definition) is 1. The molecule has 29 heavy (non-hydrogen) atoms. The van der Waals surface area contributed by atoms with Gasteiger partial charge in [0, 0.05) is 5.69 Å². The van der Waals surface area contributed by atoms with E-state index in [0.717, 1.165) is 15.6 Å². The first-order valence-corrected chi connectivity index (χ1v) is 9.91. The highest BCUT2D eigenvalue weighted by molar-refractivity contribution is 9.10. The van der Waals surface area contributed by atoms with Gasteiger partial charge < -0.3 is 14.5 Å². The molecule has 4 aromatic rings. The molecule has 0 aliphatic heterocycles. The maximum atomic E-state index is 12.5. The molecule has 1 N–H and O–H groups in total. The Kier molecular flexibility index (Phi) is 5.77. The summed E-state index contributed by atoms with van der Waals surface area (Å²) in [7, 11) is 0. The lowest BCUT2D eigenvalue weighted by Gasteiger charge is -2.06. The Labute approximate surface area is 177 Å². The van der Waals surface area contributed by atoms with E-state index in [1.54, 1.807) is 12.1 Å². The van der Waals surface area contributed by atoms with Gasteiger partial charge in [-0.25, -0.2) is 0 Å². The number of rotatable bonds is 6. The Morgan fingerprint density at radius 1 is 0.828 bits per heavy atom. The predicted octanol–water partition coefficient (Wildman–Crippen LogP) is 6.54. The topological polar surface area (TPSA) is 51.5 Å². The van der Waals surface area contributed by atoms with E-state index in [2.05, 4.69) is 21.2 Å². The Morgan fingerprint density at radius 3 is 2.28 bits per heavy atom. The van der Waals surface area contributed by atoms with Crippen molar-refractivity contribution in [1.29, 1.82) is 0 Å². The molecule has 0 atom stereocenters. The molecule has 0 saturated heterocycles. The van der Waals surface area contributed by atoms with Crippen molar-refractivity contribution >= 4 is 27.5 Å². The minimum atomic E-state index is -0.301. The van der Waals surface area contributed by atoms with Crippen molar-refractivity contribution < 1.29 is 13.9 Å². The van der Waals surface area contributed by atoms with Crippen LogP contribution in [0.5, 0.6) is 5.75 Å². The van der Waals surface area contributed by atoms with Crippen LogP contribution >= 0.6 is 15.9 Å². The van der Waals surface area contributed by atoms with Gasteiger partial charge in [-0.3, -0.25) is 4.79 Å². The second-order valence-electron chi connectivity index (χ2n) is 6.38. The molecule has 0 radical (unpaired) electrons. The van der Waals surface area contributed by atoms with Crippen molar-refractivity contribution in [1.82, 2.24) is 0 Å². The van der Waals surface area contributed by atoms with Crippen molar-refractivity contribution in [3.8, 4) is 16.9 Å². The third-order valence-corrected chi connectivity index (χ3v) is 5.00. The number of nitrogens with one attached hydrogen (secondary N) is 1. The van der Waals surface area contributed by atoms with Crippen LogP contribution in [0.15, 0.2) is 99.9 Å². The minimum absolute atomic E-state index is 0.238. The van der Waals surface area contributed by atoms with Crippen molar-refractivity contribution in [3.63, 3.8) is 0 Å². The summed E-state index contributed by atoms with van der Waals surface area (Å²) in [4.78, 5) is 12.5. The molecule has 4 rings (SSSR count). The number of carbonyl (C=O) groups excluding carboxylic acids is 1. The van der Waals surface area contributed by atoms with Gasteiger partial charge in [0.25, 0.3) is 5.91 Å². The number of halogens is 1. The van der Waals surface area contributed by atoms with Gasteiger partial charge in [-0.2, -0.15) is 0 Å². The summed E-state index contributed by atoms with van der Waals surface area (Å²) in [6.45, 7) is 0.238. The van der Waals surface area contributed by atoms with Crippen LogP contribution in [0.2, 0.25) is 0 Å². The van der Waals surface area contributed by atoms with Crippen LogP contribution < -0.4 is 10.1 Å². The maximum absolute atomic E-state index is 12.5. The van der Waals surface area contributed by atoms with Gasteiger partial charge in [-0.1, -0.05) is 54.6 Å². The summed E-state index contributed by atoms with van der Waals surface area (Å²) >= 11 is 3.44. The molecule has 0 bridgehead atoms. The van der Waals surface area contributed by atoms with E-state index >= 15 is 0 Å². The smallest absolute Gasteiger partial charge is 0.291 e. The van der Waals surface area contributed by atoms with Gasteiger partial charge in [0.2, 0.25) is 0 Å². The van der Waals surface area contributed by atoms with Crippen molar-refractivity contribution in [2.45, 2.75) is 6.61 Å². The van der Waals surface area contributed by atoms with Crippen LogP contribution in [-0.4, -0.2) is 5.91 Å². The molecule has 1 heterocycles. The van der Waals surface area contributed by atoms with Crippen LogP contribution in [0, 0.1) is 0 Å². The van der Waals surface area contributed by atoms with E-state index in [0.29, 0.717) is 17.2 Å². The highest BCUT2D eigenvalue weighted by Crippen LogP contribution is 2.25. The fraction of sp³-hybridized carbons (Fsp3) is 0.0417. The maximum Gasteiger partial charge on any atom is 0.291 e. The quantitative estimate of drug-likeness (QED) is 0.364. The number of carbonyl (C=O) groups is 1. The average Bonchev–Trinajstić information content (AvgIpc) is 3.24. The normalized spacial score (nSPS) is 10.5. The molecule has 3 aromatic carbocycles. The zero-order valence-corrected chi connectivity index (χ0v) is 17.1. The molecular weight excluding hydrogens is 430 g/mol. The SMILES string of the molecule is O=C(Nc1ccc(-c2ccccc2)cc1)c1ccc(COc2ccccc2Br)o1. The zero-order chi connectivity index (χ0) is 20.1. The second-order valence-corrected chi connectivity index (χ2v) is 7.24. The average molecular weight is 448 g/mol. The van der Waals surface area contributed by atoms with Gasteiger partial charge in [0.15, 0.2) is 5.76 Å². The standard InChI is InChI=1S/C24H18BrNO3/c25-21-8-4-5-9-22(21)28-16-20-14-15-23(29-20)24(27)26-19-12-10-18(11-13-19)17-6-2-1-3-7-17/h1-15H,16H2,(H,26,27). The van der Waals surface area contributed by atoms with Crippen LogP contribution in [0.25, 0.3) is 11.1 Å². The van der Waals surface area contributed by atoms with E-state index in [-0.39, 0.29) is 18.3 Å². The highest BCUT2D eigenvalue weighted by Gasteiger charge is 2.12. The van der Waals surface area contributed by atoms with Gasteiger partial charge in [0.1, 0.15) is 18.1 Å². The lowest BCUT2D eigenvalue weighted by Crippen LogP contribution is -2.10. The molecule has 0 fully saturated rings. The molecule has 4 nitrogen and oxygen atoms in total. The van der Waals surface area contributed by atoms with E-state index in [1.165, 1.54) is 0 Å². The number of anilines is 1. The van der Waals surface area contributed by atoms with E-state index in [1.807, 2.05) is 78.9 Å². The molecule has 5 heteroatoms. The van der Waals surface area contributed by atoms with Crippen LogP contribution in [0.1, 0.15) is 16.3 Å². The van der Waals surface area contributed by atoms with E-state index in [4.69, 9.17) is 9.15 Å². The largest absolute Gasteiger partial charge is 0.484 e. The Balaban J connectivity index is 1.37. The first-order chi connectivity index (χ1) is 14.2. The molecule has 0 spiro atoms. The lowest BCUT2D eigenvalue weighted by atomic mass is 10.1. The first kappa shape index (κ1) is 19.0. The molecule has 0 aliphatic rings. The molecular formula is C24H18BrNO3.